The van der Waals surface area contributed by atoms with Crippen LogP contribution in [0.3, 0.4) is 0 Å². The lowest BCUT2D eigenvalue weighted by Gasteiger charge is -2.00. The van der Waals surface area contributed by atoms with E-state index < -0.39 is 0 Å². The molecule has 0 saturated carbocycles. The monoisotopic (exact) mass is 375 g/mol. The maximum Gasteiger partial charge on any atom is 0.179 e. The van der Waals surface area contributed by atoms with Gasteiger partial charge < -0.3 is 4.98 Å². The third-order valence-electron chi connectivity index (χ3n) is 2.57. The molecular formula is C12H5BrCl3N3. The Morgan fingerprint density at radius 1 is 1.05 bits per heavy atom. The highest BCUT2D eigenvalue weighted by atomic mass is 79.9. The number of fused-ring (bicyclic) bond motifs is 1. The van der Waals surface area contributed by atoms with Gasteiger partial charge in [0.15, 0.2) is 5.65 Å². The Kier molecular flexibility index (Phi) is 3.43. The van der Waals surface area contributed by atoms with Gasteiger partial charge in [0.05, 0.1) is 10.5 Å². The lowest BCUT2D eigenvalue weighted by atomic mass is 10.2. The molecule has 0 amide bonds. The van der Waals surface area contributed by atoms with Crippen molar-refractivity contribution in [1.82, 2.24) is 15.0 Å². The fourth-order valence-corrected chi connectivity index (χ4v) is 2.86. The molecule has 0 unspecified atom stereocenters. The number of aromatic nitrogens is 3. The van der Waals surface area contributed by atoms with E-state index in [2.05, 4.69) is 30.9 Å². The summed E-state index contributed by atoms with van der Waals surface area (Å²) >= 11 is 21.2. The fraction of sp³-hybridized carbons (Fsp3) is 0. The Labute approximate surface area is 132 Å². The number of hydrogen-bond donors (Lipinski definition) is 1. The van der Waals surface area contributed by atoms with Gasteiger partial charge in [-0.05, 0) is 40.2 Å². The molecule has 0 aliphatic carbocycles. The minimum atomic E-state index is 0.238. The normalized spacial score (nSPS) is 11.2. The third-order valence-corrected chi connectivity index (χ3v) is 4.13. The highest BCUT2D eigenvalue weighted by Gasteiger charge is 2.11. The van der Waals surface area contributed by atoms with Gasteiger partial charge in [-0.3, -0.25) is 0 Å². The summed E-state index contributed by atoms with van der Waals surface area (Å²) in [5.74, 6) is 0.671. The minimum Gasteiger partial charge on any atom is -0.336 e. The third kappa shape index (κ3) is 2.46. The lowest BCUT2D eigenvalue weighted by Crippen LogP contribution is -1.82. The number of hydrogen-bond acceptors (Lipinski definition) is 2. The first kappa shape index (κ1) is 13.2. The second kappa shape index (κ2) is 4.94. The van der Waals surface area contributed by atoms with Crippen LogP contribution in [0.1, 0.15) is 0 Å². The summed E-state index contributed by atoms with van der Waals surface area (Å²) in [5.41, 5.74) is 2.13. The van der Waals surface area contributed by atoms with Crippen LogP contribution in [0.15, 0.2) is 28.7 Å². The number of aromatic amines is 1. The second-order valence-corrected chi connectivity index (χ2v) is 5.90. The van der Waals surface area contributed by atoms with E-state index in [1.54, 1.807) is 18.2 Å². The van der Waals surface area contributed by atoms with Crippen LogP contribution >= 0.6 is 50.7 Å². The molecule has 3 aromatic rings. The van der Waals surface area contributed by atoms with Crippen LogP contribution in [0.5, 0.6) is 0 Å². The maximum atomic E-state index is 5.93. The zero-order valence-corrected chi connectivity index (χ0v) is 13.1. The van der Waals surface area contributed by atoms with E-state index in [9.17, 15) is 0 Å². The van der Waals surface area contributed by atoms with E-state index in [0.29, 0.717) is 21.5 Å². The van der Waals surface area contributed by atoms with E-state index in [0.717, 1.165) is 15.6 Å². The van der Waals surface area contributed by atoms with E-state index in [-0.39, 0.29) is 5.15 Å². The molecule has 0 atom stereocenters. The summed E-state index contributed by atoms with van der Waals surface area (Å²) in [6.45, 7) is 0. The summed E-state index contributed by atoms with van der Waals surface area (Å²) in [5, 5.41) is 1.28. The Morgan fingerprint density at radius 2 is 1.84 bits per heavy atom. The number of nitrogens with zero attached hydrogens (tertiary/aromatic N) is 2. The molecule has 19 heavy (non-hydrogen) atoms. The van der Waals surface area contributed by atoms with Crippen LogP contribution in [0.25, 0.3) is 22.6 Å². The average Bonchev–Trinajstić information content (AvgIpc) is 2.72. The van der Waals surface area contributed by atoms with Crippen LogP contribution in [0, 0.1) is 0 Å². The van der Waals surface area contributed by atoms with Gasteiger partial charge in [0.2, 0.25) is 0 Å². The molecule has 0 radical (unpaired) electrons. The SMILES string of the molecule is Clc1ccc(-c2nc3nc(Cl)c(Cl)cc3[nH]2)c(Br)c1. The van der Waals surface area contributed by atoms with Crippen LogP contribution in [0.2, 0.25) is 15.2 Å². The van der Waals surface area contributed by atoms with Gasteiger partial charge in [-0.25, -0.2) is 9.97 Å². The largest absolute Gasteiger partial charge is 0.336 e. The maximum absolute atomic E-state index is 5.93. The molecule has 96 valence electrons. The van der Waals surface area contributed by atoms with Crippen molar-refractivity contribution in [3.63, 3.8) is 0 Å². The fourth-order valence-electron chi connectivity index (χ4n) is 1.71. The Balaban J connectivity index is 2.20. The summed E-state index contributed by atoms with van der Waals surface area (Å²) in [6.07, 6.45) is 0. The number of H-pyrrole nitrogens is 1. The highest BCUT2D eigenvalue weighted by molar-refractivity contribution is 9.10. The molecule has 0 spiro atoms. The van der Waals surface area contributed by atoms with Crippen LogP contribution in [-0.4, -0.2) is 15.0 Å². The molecule has 0 fully saturated rings. The molecule has 2 heterocycles. The van der Waals surface area contributed by atoms with Crippen LogP contribution in [-0.2, 0) is 0 Å². The molecule has 7 heteroatoms. The van der Waals surface area contributed by atoms with Crippen molar-refractivity contribution in [2.45, 2.75) is 0 Å². The average molecular weight is 377 g/mol. The lowest BCUT2D eigenvalue weighted by molar-refractivity contribution is 1.30. The molecule has 1 aromatic carbocycles. The molecule has 1 N–H and O–H groups in total. The van der Waals surface area contributed by atoms with Gasteiger partial charge in [-0.1, -0.05) is 34.8 Å². The van der Waals surface area contributed by atoms with Gasteiger partial charge in [0, 0.05) is 15.1 Å². The minimum absolute atomic E-state index is 0.238. The summed E-state index contributed by atoms with van der Waals surface area (Å²) in [4.78, 5) is 11.7. The Hall–Kier alpha value is -0.810. The first-order chi connectivity index (χ1) is 9.04. The number of halogens is 4. The molecule has 0 aliphatic heterocycles. The van der Waals surface area contributed by atoms with Crippen molar-refractivity contribution in [3.05, 3.63) is 43.9 Å². The van der Waals surface area contributed by atoms with Gasteiger partial charge in [-0.2, -0.15) is 0 Å². The smallest absolute Gasteiger partial charge is 0.179 e. The predicted molar refractivity (Wildman–Crippen MR) is 82.1 cm³/mol. The number of rotatable bonds is 1. The van der Waals surface area contributed by atoms with Crippen molar-refractivity contribution < 1.29 is 0 Å². The number of pyridine rings is 1. The van der Waals surface area contributed by atoms with Crippen LogP contribution < -0.4 is 0 Å². The van der Waals surface area contributed by atoms with E-state index in [4.69, 9.17) is 34.8 Å². The second-order valence-electron chi connectivity index (χ2n) is 3.84. The molecule has 0 aliphatic rings. The predicted octanol–water partition coefficient (Wildman–Crippen LogP) is 5.35. The molecule has 0 saturated heterocycles. The van der Waals surface area contributed by atoms with Gasteiger partial charge in [0.1, 0.15) is 11.0 Å². The standard InChI is InChI=1S/C12H5BrCl3N3/c13-7-3-5(14)1-2-6(7)11-17-9-4-8(15)10(16)18-12(9)19-11/h1-4H,(H,17,18,19). The van der Waals surface area contributed by atoms with Gasteiger partial charge >= 0.3 is 0 Å². The Morgan fingerprint density at radius 3 is 2.58 bits per heavy atom. The summed E-state index contributed by atoms with van der Waals surface area (Å²) < 4.78 is 0.844. The number of nitrogens with one attached hydrogen (secondary N) is 1. The van der Waals surface area contributed by atoms with Crippen LogP contribution in [0.4, 0.5) is 0 Å². The van der Waals surface area contributed by atoms with E-state index in [1.807, 2.05) is 6.07 Å². The zero-order chi connectivity index (χ0) is 13.6. The number of benzene rings is 1. The van der Waals surface area contributed by atoms with Crippen molar-refractivity contribution in [2.24, 2.45) is 0 Å². The Bertz CT molecular complexity index is 746. The summed E-state index contributed by atoms with van der Waals surface area (Å²) in [7, 11) is 0. The molecule has 0 bridgehead atoms. The van der Waals surface area contributed by atoms with E-state index in [1.165, 1.54) is 0 Å². The molecular weight excluding hydrogens is 372 g/mol. The highest BCUT2D eigenvalue weighted by Crippen LogP contribution is 2.31. The van der Waals surface area contributed by atoms with Crippen molar-refractivity contribution >= 4 is 61.9 Å². The van der Waals surface area contributed by atoms with Crippen molar-refractivity contribution in [2.75, 3.05) is 0 Å². The zero-order valence-electron chi connectivity index (χ0n) is 9.22. The molecule has 3 rings (SSSR count). The van der Waals surface area contributed by atoms with Crippen molar-refractivity contribution in [1.29, 1.82) is 0 Å². The summed E-state index contributed by atoms with van der Waals surface area (Å²) in [6, 6.07) is 7.17. The van der Waals surface area contributed by atoms with Gasteiger partial charge in [0.25, 0.3) is 0 Å². The quantitative estimate of drug-likeness (QED) is 0.581. The van der Waals surface area contributed by atoms with E-state index >= 15 is 0 Å². The molecule has 2 aromatic heterocycles. The van der Waals surface area contributed by atoms with Crippen molar-refractivity contribution in [3.8, 4) is 11.4 Å². The topological polar surface area (TPSA) is 41.6 Å². The first-order valence-electron chi connectivity index (χ1n) is 5.22. The first-order valence-corrected chi connectivity index (χ1v) is 7.14. The molecule has 3 nitrogen and oxygen atoms in total. The number of imidazole rings is 1. The van der Waals surface area contributed by atoms with Gasteiger partial charge in [-0.15, -0.1) is 0 Å².